The van der Waals surface area contributed by atoms with Crippen LogP contribution in [0.5, 0.6) is 0 Å². The van der Waals surface area contributed by atoms with Crippen molar-refractivity contribution in [3.05, 3.63) is 39.5 Å². The average molecular weight is 394 g/mol. The van der Waals surface area contributed by atoms with Crippen LogP contribution < -0.4 is 0 Å². The first-order chi connectivity index (χ1) is 8.84. The summed E-state index contributed by atoms with van der Waals surface area (Å²) in [4.78, 5) is 10.7. The summed E-state index contributed by atoms with van der Waals surface area (Å²) < 4.78 is 42.8. The van der Waals surface area contributed by atoms with Crippen molar-refractivity contribution >= 4 is 48.1 Å². The monoisotopic (exact) mass is 394 g/mol. The van der Waals surface area contributed by atoms with Gasteiger partial charge in [0.15, 0.2) is 21.2 Å². The molecule has 100 valence electrons. The minimum Gasteiger partial charge on any atom is -0.478 e. The maximum atomic E-state index is 11.2. The molecule has 0 radical (unpaired) electrons. The maximum Gasteiger partial charge on any atom is 0.336 e. The third-order valence-corrected chi connectivity index (χ3v) is 4.80. The van der Waals surface area contributed by atoms with E-state index in [0.29, 0.717) is 5.39 Å². The fourth-order valence-corrected chi connectivity index (χ4v) is 3.49. The first kappa shape index (κ1) is 14.0. The van der Waals surface area contributed by atoms with Crippen LogP contribution in [0.2, 0.25) is 0 Å². The predicted molar refractivity (Wildman–Crippen MR) is 74.1 cm³/mol. The molecule has 0 bridgehead atoms. The number of aromatic carboxylic acids is 1. The Morgan fingerprint density at radius 1 is 1.21 bits per heavy atom. The lowest BCUT2D eigenvalue weighted by Crippen LogP contribution is -2.03. The molecule has 0 atom stereocenters. The Labute approximate surface area is 118 Å². The van der Waals surface area contributed by atoms with E-state index in [1.165, 1.54) is 30.3 Å². The molecule has 6 nitrogen and oxygen atoms in total. The molecule has 0 unspecified atom stereocenters. The molecule has 0 saturated heterocycles. The Bertz CT molecular complexity index is 796. The third-order valence-electron chi connectivity index (χ3n) is 2.52. The molecule has 19 heavy (non-hydrogen) atoms. The molecule has 0 spiro atoms. The van der Waals surface area contributed by atoms with Gasteiger partial charge in [-0.1, -0.05) is 12.1 Å². The second-order valence-corrected chi connectivity index (χ2v) is 6.66. The Balaban J connectivity index is 2.93. The van der Waals surface area contributed by atoms with Crippen molar-refractivity contribution < 1.29 is 25.9 Å². The summed E-state index contributed by atoms with van der Waals surface area (Å²) in [7, 11) is -4.42. The number of benzene rings is 2. The van der Waals surface area contributed by atoms with Gasteiger partial charge in [0.05, 0.1) is 9.13 Å². The molecular formula is C11H7IO6S. The zero-order valence-corrected chi connectivity index (χ0v) is 12.2. The van der Waals surface area contributed by atoms with E-state index < -0.39 is 37.3 Å². The van der Waals surface area contributed by atoms with Gasteiger partial charge < -0.3 is 5.11 Å². The second-order valence-electron chi connectivity index (χ2n) is 3.67. The van der Waals surface area contributed by atoms with Crippen LogP contribution in [0.4, 0.5) is 0 Å². The zero-order chi connectivity index (χ0) is 14.2. The second kappa shape index (κ2) is 4.94. The predicted octanol–water partition coefficient (Wildman–Crippen LogP) is 2.27. The van der Waals surface area contributed by atoms with E-state index in [4.69, 9.17) is 9.66 Å². The van der Waals surface area contributed by atoms with E-state index in [1.54, 1.807) is 0 Å². The van der Waals surface area contributed by atoms with Crippen LogP contribution in [-0.2, 0) is 13.2 Å². The average Bonchev–Trinajstić information content (AvgIpc) is 2.35. The number of fused-ring (bicyclic) bond motifs is 1. The van der Waals surface area contributed by atoms with Crippen LogP contribution in [0.1, 0.15) is 10.4 Å². The van der Waals surface area contributed by atoms with E-state index in [9.17, 15) is 16.3 Å². The minimum absolute atomic E-state index is 0.0786. The molecule has 0 fully saturated rings. The van der Waals surface area contributed by atoms with Crippen molar-refractivity contribution in [2.45, 2.75) is 4.90 Å². The number of carbonyl (C=O) groups is 1. The van der Waals surface area contributed by atoms with Crippen molar-refractivity contribution in [2.24, 2.45) is 0 Å². The first-order valence-electron chi connectivity index (χ1n) is 4.89. The fraction of sp³-hybridized carbons (Fsp3) is 0. The van der Waals surface area contributed by atoms with Gasteiger partial charge in [-0.05, 0) is 23.6 Å². The number of hydrogen-bond donors (Lipinski definition) is 2. The molecule has 0 saturated carbocycles. The first-order valence-corrected chi connectivity index (χ1v) is 8.29. The highest BCUT2D eigenvalue weighted by molar-refractivity contribution is 14.1. The molecule has 2 rings (SSSR count). The van der Waals surface area contributed by atoms with Gasteiger partial charge in [0, 0.05) is 5.39 Å². The van der Waals surface area contributed by atoms with Crippen molar-refractivity contribution in [2.75, 3.05) is 0 Å². The topological polar surface area (TPSA) is 109 Å². The summed E-state index contributed by atoms with van der Waals surface area (Å²) in [5.74, 6) is -1.23. The van der Waals surface area contributed by atoms with E-state index in [0.717, 1.165) is 0 Å². The number of rotatable bonds is 3. The van der Waals surface area contributed by atoms with Gasteiger partial charge in [-0.2, -0.15) is 8.42 Å². The summed E-state index contributed by atoms with van der Waals surface area (Å²) in [6, 6.07) is 6.60. The van der Waals surface area contributed by atoms with E-state index in [-0.39, 0.29) is 19.4 Å². The molecule has 2 N–H and O–H groups in total. The largest absolute Gasteiger partial charge is 0.478 e. The van der Waals surface area contributed by atoms with Crippen LogP contribution in [0.3, 0.4) is 0 Å². The van der Waals surface area contributed by atoms with Crippen LogP contribution in [0.15, 0.2) is 35.2 Å². The fourth-order valence-electron chi connectivity index (χ4n) is 1.72. The van der Waals surface area contributed by atoms with Crippen LogP contribution in [-0.4, -0.2) is 24.0 Å². The quantitative estimate of drug-likeness (QED) is 0.611. The van der Waals surface area contributed by atoms with Crippen LogP contribution >= 0.6 is 21.2 Å². The van der Waals surface area contributed by atoms with Crippen molar-refractivity contribution in [1.82, 2.24) is 0 Å². The third kappa shape index (κ3) is 2.65. The number of hydrogen-bond acceptors (Lipinski definition) is 4. The highest BCUT2D eigenvalue weighted by Crippen LogP contribution is 2.28. The number of carboxylic acids is 1. The molecule has 0 aliphatic heterocycles. The Morgan fingerprint density at radius 2 is 1.89 bits per heavy atom. The molecule has 0 aliphatic carbocycles. The Morgan fingerprint density at radius 3 is 2.42 bits per heavy atom. The number of carboxylic acid groups (broad SMARTS) is 1. The lowest BCUT2D eigenvalue weighted by atomic mass is 10.1. The standard InChI is InChI=1S/C11H7IO6S/c13-11(14)8-4-6-2-1-3-10(19(16,17)18)7(6)5-9(8)12-15/h1-5H,(H,13,14)(H,16,17,18). The van der Waals surface area contributed by atoms with Crippen LogP contribution in [0.25, 0.3) is 10.8 Å². The highest BCUT2D eigenvalue weighted by Gasteiger charge is 2.18. The van der Waals surface area contributed by atoms with Crippen LogP contribution in [0, 0.1) is 3.57 Å². The Hall–Kier alpha value is -1.39. The van der Waals surface area contributed by atoms with Gasteiger partial charge in [0.25, 0.3) is 10.1 Å². The van der Waals surface area contributed by atoms with Crippen molar-refractivity contribution in [3.63, 3.8) is 0 Å². The molecule has 0 aromatic heterocycles. The lowest BCUT2D eigenvalue weighted by Gasteiger charge is -2.06. The van der Waals surface area contributed by atoms with Gasteiger partial charge in [0.1, 0.15) is 4.90 Å². The smallest absolute Gasteiger partial charge is 0.336 e. The molecule has 0 aliphatic rings. The SMILES string of the molecule is O=Ic1cc2c(S(=O)(=O)O)cccc2cc1C(=O)O. The van der Waals surface area contributed by atoms with Gasteiger partial charge in [0.2, 0.25) is 0 Å². The van der Waals surface area contributed by atoms with E-state index >= 15 is 0 Å². The van der Waals surface area contributed by atoms with E-state index in [2.05, 4.69) is 0 Å². The molecule has 2 aromatic rings. The lowest BCUT2D eigenvalue weighted by molar-refractivity contribution is 0.0696. The zero-order valence-electron chi connectivity index (χ0n) is 9.20. The van der Waals surface area contributed by atoms with E-state index in [1.807, 2.05) is 0 Å². The summed E-state index contributed by atoms with van der Waals surface area (Å²) in [5, 5.41) is 9.49. The normalized spacial score (nSPS) is 11.6. The van der Waals surface area contributed by atoms with Crippen molar-refractivity contribution in [1.29, 1.82) is 0 Å². The summed E-state index contributed by atoms with van der Waals surface area (Å²) in [5.41, 5.74) is -0.122. The number of halogens is 1. The highest BCUT2D eigenvalue weighted by atomic mass is 127. The molecule has 2 aromatic carbocycles. The van der Waals surface area contributed by atoms with Gasteiger partial charge in [-0.3, -0.25) is 7.62 Å². The summed E-state index contributed by atoms with van der Waals surface area (Å²) in [6.45, 7) is 0. The maximum absolute atomic E-state index is 11.2. The molecular weight excluding hydrogens is 387 g/mol. The minimum atomic E-state index is -4.42. The van der Waals surface area contributed by atoms with Gasteiger partial charge in [-0.15, -0.1) is 0 Å². The summed E-state index contributed by atoms with van der Waals surface area (Å²) in [6.07, 6.45) is 0. The molecule has 0 amide bonds. The van der Waals surface area contributed by atoms with Gasteiger partial charge >= 0.3 is 5.97 Å². The molecule has 8 heteroatoms. The Kier molecular flexibility index (Phi) is 3.65. The summed E-state index contributed by atoms with van der Waals surface area (Å²) >= 11 is -1.78. The van der Waals surface area contributed by atoms with Gasteiger partial charge in [-0.25, -0.2) is 4.79 Å². The van der Waals surface area contributed by atoms with Crippen molar-refractivity contribution in [3.8, 4) is 0 Å². The molecule has 0 heterocycles.